The van der Waals surface area contributed by atoms with Crippen molar-refractivity contribution in [3.05, 3.63) is 28.0 Å². The minimum absolute atomic E-state index is 0.180. The lowest BCUT2D eigenvalue weighted by atomic mass is 10.2. The van der Waals surface area contributed by atoms with Gasteiger partial charge in [-0.3, -0.25) is 4.79 Å². The first-order valence-electron chi connectivity index (χ1n) is 5.40. The molecule has 0 bridgehead atoms. The van der Waals surface area contributed by atoms with E-state index in [1.165, 1.54) is 0 Å². The number of aryl methyl sites for hydroxylation is 1. The highest BCUT2D eigenvalue weighted by Crippen LogP contribution is 2.22. The standard InChI is InChI=1S/C12H13BrN2O2/c1-3-17-11(16)6-10-14-9-5-8(13)4-7(2)12(9)15-10/h4-5H,3,6H2,1-2H3,(H,14,15). The Kier molecular flexibility index (Phi) is 3.47. The molecule has 1 aromatic carbocycles. The van der Waals surface area contributed by atoms with Crippen LogP contribution in [0.15, 0.2) is 16.6 Å². The Morgan fingerprint density at radius 1 is 1.53 bits per heavy atom. The number of carbonyl (C=O) groups excluding carboxylic acids is 1. The maximum Gasteiger partial charge on any atom is 0.313 e. The van der Waals surface area contributed by atoms with Gasteiger partial charge in [-0.05, 0) is 31.5 Å². The number of aromatic amines is 1. The summed E-state index contributed by atoms with van der Waals surface area (Å²) in [5.41, 5.74) is 2.89. The molecule has 0 saturated heterocycles. The molecule has 90 valence electrons. The van der Waals surface area contributed by atoms with E-state index in [9.17, 15) is 4.79 Å². The van der Waals surface area contributed by atoms with Crippen LogP contribution in [0, 0.1) is 6.92 Å². The zero-order valence-corrected chi connectivity index (χ0v) is 11.3. The van der Waals surface area contributed by atoms with Crippen LogP contribution in [0.5, 0.6) is 0 Å². The van der Waals surface area contributed by atoms with Gasteiger partial charge in [-0.1, -0.05) is 15.9 Å². The van der Waals surface area contributed by atoms with Gasteiger partial charge in [0.15, 0.2) is 0 Å². The van der Waals surface area contributed by atoms with E-state index in [0.717, 1.165) is 21.1 Å². The second kappa shape index (κ2) is 4.87. The van der Waals surface area contributed by atoms with E-state index >= 15 is 0 Å². The average molecular weight is 297 g/mol. The van der Waals surface area contributed by atoms with E-state index in [-0.39, 0.29) is 12.4 Å². The number of hydrogen-bond acceptors (Lipinski definition) is 3. The van der Waals surface area contributed by atoms with Crippen LogP contribution in [-0.2, 0) is 16.0 Å². The first kappa shape index (κ1) is 12.1. The number of carbonyl (C=O) groups is 1. The third-order valence-corrected chi connectivity index (χ3v) is 2.87. The summed E-state index contributed by atoms with van der Waals surface area (Å²) in [6.07, 6.45) is 0.180. The van der Waals surface area contributed by atoms with Crippen molar-refractivity contribution in [2.24, 2.45) is 0 Å². The van der Waals surface area contributed by atoms with Crippen LogP contribution >= 0.6 is 15.9 Å². The maximum absolute atomic E-state index is 11.3. The number of rotatable bonds is 3. The van der Waals surface area contributed by atoms with Gasteiger partial charge in [0.05, 0.1) is 17.6 Å². The lowest BCUT2D eigenvalue weighted by Crippen LogP contribution is -2.08. The third kappa shape index (κ3) is 2.66. The summed E-state index contributed by atoms with van der Waals surface area (Å²) in [4.78, 5) is 18.9. The van der Waals surface area contributed by atoms with Gasteiger partial charge in [0.25, 0.3) is 0 Å². The van der Waals surface area contributed by atoms with Crippen LogP contribution in [0.25, 0.3) is 11.0 Å². The molecule has 0 amide bonds. The summed E-state index contributed by atoms with van der Waals surface area (Å²) >= 11 is 3.43. The summed E-state index contributed by atoms with van der Waals surface area (Å²) in [6.45, 7) is 4.17. The average Bonchev–Trinajstić information content (AvgIpc) is 2.60. The number of nitrogens with zero attached hydrogens (tertiary/aromatic N) is 1. The SMILES string of the molecule is CCOC(=O)Cc1nc2c(C)cc(Br)cc2[nH]1. The maximum atomic E-state index is 11.3. The van der Waals surface area contributed by atoms with E-state index in [0.29, 0.717) is 12.4 Å². The summed E-state index contributed by atoms with van der Waals surface area (Å²) in [5, 5.41) is 0. The van der Waals surface area contributed by atoms with E-state index in [2.05, 4.69) is 25.9 Å². The number of H-pyrrole nitrogens is 1. The second-order valence-corrected chi connectivity index (χ2v) is 4.70. The number of ether oxygens (including phenoxy) is 1. The summed E-state index contributed by atoms with van der Waals surface area (Å²) < 4.78 is 5.88. The van der Waals surface area contributed by atoms with Gasteiger partial charge in [-0.2, -0.15) is 0 Å². The molecule has 0 aliphatic carbocycles. The van der Waals surface area contributed by atoms with Crippen molar-refractivity contribution in [2.75, 3.05) is 6.61 Å². The van der Waals surface area contributed by atoms with Crippen molar-refractivity contribution in [1.82, 2.24) is 9.97 Å². The molecule has 1 aromatic heterocycles. The first-order chi connectivity index (χ1) is 8.10. The highest BCUT2D eigenvalue weighted by atomic mass is 79.9. The Bertz CT molecular complexity index is 563. The first-order valence-corrected chi connectivity index (χ1v) is 6.20. The molecular weight excluding hydrogens is 284 g/mol. The number of halogens is 1. The summed E-state index contributed by atoms with van der Waals surface area (Å²) in [6, 6.07) is 3.95. The van der Waals surface area contributed by atoms with Gasteiger partial charge in [-0.15, -0.1) is 0 Å². The zero-order chi connectivity index (χ0) is 12.4. The Labute approximate surface area is 108 Å². The van der Waals surface area contributed by atoms with Gasteiger partial charge in [0.2, 0.25) is 0 Å². The fraction of sp³-hybridized carbons (Fsp3) is 0.333. The van der Waals surface area contributed by atoms with Gasteiger partial charge in [-0.25, -0.2) is 4.98 Å². The molecule has 1 N–H and O–H groups in total. The topological polar surface area (TPSA) is 55.0 Å². The zero-order valence-electron chi connectivity index (χ0n) is 9.71. The van der Waals surface area contributed by atoms with Crippen LogP contribution in [0.1, 0.15) is 18.3 Å². The Morgan fingerprint density at radius 3 is 3.00 bits per heavy atom. The van der Waals surface area contributed by atoms with Crippen LogP contribution < -0.4 is 0 Å². The van der Waals surface area contributed by atoms with Crippen LogP contribution in [-0.4, -0.2) is 22.5 Å². The smallest absolute Gasteiger partial charge is 0.313 e. The largest absolute Gasteiger partial charge is 0.466 e. The lowest BCUT2D eigenvalue weighted by Gasteiger charge is -1.97. The summed E-state index contributed by atoms with van der Waals surface area (Å²) in [7, 11) is 0. The van der Waals surface area contributed by atoms with E-state index in [4.69, 9.17) is 4.74 Å². The molecule has 2 aromatic rings. The second-order valence-electron chi connectivity index (χ2n) is 3.78. The molecule has 0 saturated carbocycles. The molecule has 4 nitrogen and oxygen atoms in total. The van der Waals surface area contributed by atoms with Crippen molar-refractivity contribution in [3.63, 3.8) is 0 Å². The minimum Gasteiger partial charge on any atom is -0.466 e. The van der Waals surface area contributed by atoms with Crippen LogP contribution in [0.3, 0.4) is 0 Å². The van der Waals surface area contributed by atoms with Gasteiger partial charge >= 0.3 is 5.97 Å². The molecule has 0 atom stereocenters. The highest BCUT2D eigenvalue weighted by Gasteiger charge is 2.10. The quantitative estimate of drug-likeness (QED) is 0.886. The van der Waals surface area contributed by atoms with Crippen LogP contribution in [0.2, 0.25) is 0 Å². The predicted octanol–water partition coefficient (Wildman–Crippen LogP) is 2.74. The molecule has 0 aliphatic rings. The molecule has 0 unspecified atom stereocenters. The lowest BCUT2D eigenvalue weighted by molar-refractivity contribution is -0.142. The number of benzene rings is 1. The number of aromatic nitrogens is 2. The molecule has 0 aliphatic heterocycles. The van der Waals surface area contributed by atoms with E-state index in [1.807, 2.05) is 19.1 Å². The molecule has 5 heteroatoms. The van der Waals surface area contributed by atoms with Gasteiger partial charge < -0.3 is 9.72 Å². The Hall–Kier alpha value is -1.36. The number of nitrogens with one attached hydrogen (secondary N) is 1. The Morgan fingerprint density at radius 2 is 2.29 bits per heavy atom. The minimum atomic E-state index is -0.261. The predicted molar refractivity (Wildman–Crippen MR) is 68.9 cm³/mol. The summed E-state index contributed by atoms with van der Waals surface area (Å²) in [5.74, 6) is 0.378. The Balaban J connectivity index is 2.32. The number of fused-ring (bicyclic) bond motifs is 1. The molecule has 0 fully saturated rings. The fourth-order valence-corrected chi connectivity index (χ4v) is 2.30. The third-order valence-electron chi connectivity index (χ3n) is 2.41. The van der Waals surface area contributed by atoms with E-state index < -0.39 is 0 Å². The van der Waals surface area contributed by atoms with Crippen molar-refractivity contribution >= 4 is 32.9 Å². The van der Waals surface area contributed by atoms with Gasteiger partial charge in [0.1, 0.15) is 12.2 Å². The number of esters is 1. The van der Waals surface area contributed by atoms with Gasteiger partial charge in [0, 0.05) is 4.47 Å². The monoisotopic (exact) mass is 296 g/mol. The highest BCUT2D eigenvalue weighted by molar-refractivity contribution is 9.10. The van der Waals surface area contributed by atoms with Crippen molar-refractivity contribution < 1.29 is 9.53 Å². The number of imidazole rings is 1. The normalized spacial score (nSPS) is 10.8. The van der Waals surface area contributed by atoms with Crippen LogP contribution in [0.4, 0.5) is 0 Å². The molecule has 1 heterocycles. The van der Waals surface area contributed by atoms with Crippen molar-refractivity contribution in [3.8, 4) is 0 Å². The molecule has 0 radical (unpaired) electrons. The number of hydrogen-bond donors (Lipinski definition) is 1. The van der Waals surface area contributed by atoms with Crippen molar-refractivity contribution in [2.45, 2.75) is 20.3 Å². The van der Waals surface area contributed by atoms with Crippen molar-refractivity contribution in [1.29, 1.82) is 0 Å². The van der Waals surface area contributed by atoms with E-state index in [1.54, 1.807) is 6.92 Å². The molecule has 2 rings (SSSR count). The molecule has 17 heavy (non-hydrogen) atoms. The molecule has 0 spiro atoms. The molecular formula is C12H13BrN2O2. The fourth-order valence-electron chi connectivity index (χ4n) is 1.73.